The molecule has 1 amide bonds. The number of rotatable bonds is 4. The van der Waals surface area contributed by atoms with Gasteiger partial charge in [-0.2, -0.15) is 0 Å². The molecule has 0 bridgehead atoms. The summed E-state index contributed by atoms with van der Waals surface area (Å²) < 4.78 is 0. The molecule has 0 aromatic heterocycles. The Bertz CT molecular complexity index is 356. The molecule has 86 valence electrons. The van der Waals surface area contributed by atoms with Gasteiger partial charge in [0, 0.05) is 18.7 Å². The van der Waals surface area contributed by atoms with E-state index in [9.17, 15) is 4.79 Å². The SMILES string of the molecule is CCCCc1ccc(N2CCCC2=O)cc1. The fraction of sp³-hybridized carbons (Fsp3) is 0.500. The third-order valence-electron chi connectivity index (χ3n) is 3.14. The number of amides is 1. The predicted octanol–water partition coefficient (Wildman–Crippen LogP) is 3.16. The van der Waals surface area contributed by atoms with E-state index in [0.717, 1.165) is 25.1 Å². The van der Waals surface area contributed by atoms with Crippen molar-refractivity contribution < 1.29 is 4.79 Å². The largest absolute Gasteiger partial charge is 0.312 e. The summed E-state index contributed by atoms with van der Waals surface area (Å²) in [4.78, 5) is 13.5. The summed E-state index contributed by atoms with van der Waals surface area (Å²) >= 11 is 0. The number of aryl methyl sites for hydroxylation is 1. The van der Waals surface area contributed by atoms with Gasteiger partial charge in [-0.05, 0) is 37.0 Å². The van der Waals surface area contributed by atoms with E-state index in [0.29, 0.717) is 6.42 Å². The van der Waals surface area contributed by atoms with Crippen LogP contribution in [0.25, 0.3) is 0 Å². The molecule has 1 aromatic rings. The first-order valence-corrected chi connectivity index (χ1v) is 6.20. The molecule has 16 heavy (non-hydrogen) atoms. The summed E-state index contributed by atoms with van der Waals surface area (Å²) in [5.41, 5.74) is 2.43. The van der Waals surface area contributed by atoms with E-state index in [2.05, 4.69) is 31.2 Å². The smallest absolute Gasteiger partial charge is 0.227 e. The summed E-state index contributed by atoms with van der Waals surface area (Å²) in [5, 5.41) is 0. The second kappa shape index (κ2) is 5.15. The van der Waals surface area contributed by atoms with Crippen molar-refractivity contribution in [3.63, 3.8) is 0 Å². The molecule has 0 atom stereocenters. The minimum absolute atomic E-state index is 0.265. The van der Waals surface area contributed by atoms with Crippen molar-refractivity contribution in [3.05, 3.63) is 29.8 Å². The van der Waals surface area contributed by atoms with Crippen LogP contribution < -0.4 is 4.90 Å². The summed E-state index contributed by atoms with van der Waals surface area (Å²) in [6.07, 6.45) is 5.31. The lowest BCUT2D eigenvalue weighted by Crippen LogP contribution is -2.23. The lowest BCUT2D eigenvalue weighted by Gasteiger charge is -2.15. The maximum absolute atomic E-state index is 11.6. The fourth-order valence-electron chi connectivity index (χ4n) is 2.14. The van der Waals surface area contributed by atoms with Crippen LogP contribution in [0.2, 0.25) is 0 Å². The Morgan fingerprint density at radius 2 is 2.00 bits per heavy atom. The van der Waals surface area contributed by atoms with Gasteiger partial charge in [0.1, 0.15) is 0 Å². The minimum Gasteiger partial charge on any atom is -0.312 e. The van der Waals surface area contributed by atoms with Gasteiger partial charge in [-0.1, -0.05) is 25.5 Å². The molecule has 0 aliphatic carbocycles. The van der Waals surface area contributed by atoms with Gasteiger partial charge >= 0.3 is 0 Å². The molecular weight excluding hydrogens is 198 g/mol. The van der Waals surface area contributed by atoms with Crippen LogP contribution >= 0.6 is 0 Å². The number of carbonyl (C=O) groups is 1. The van der Waals surface area contributed by atoms with Crippen molar-refractivity contribution in [1.29, 1.82) is 0 Å². The first kappa shape index (κ1) is 11.2. The molecule has 1 aliphatic rings. The van der Waals surface area contributed by atoms with Gasteiger partial charge in [0.15, 0.2) is 0 Å². The number of hydrogen-bond acceptors (Lipinski definition) is 1. The molecule has 0 saturated carbocycles. The van der Waals surface area contributed by atoms with E-state index in [1.807, 2.05) is 4.90 Å². The van der Waals surface area contributed by atoms with Crippen LogP contribution in [-0.4, -0.2) is 12.5 Å². The Morgan fingerprint density at radius 1 is 1.25 bits per heavy atom. The molecule has 1 fully saturated rings. The van der Waals surface area contributed by atoms with Crippen molar-refractivity contribution in [3.8, 4) is 0 Å². The molecule has 0 spiro atoms. The van der Waals surface area contributed by atoms with Crippen molar-refractivity contribution in [2.75, 3.05) is 11.4 Å². The number of carbonyl (C=O) groups excluding carboxylic acids is 1. The molecule has 1 saturated heterocycles. The van der Waals surface area contributed by atoms with Crippen molar-refractivity contribution in [2.24, 2.45) is 0 Å². The van der Waals surface area contributed by atoms with E-state index >= 15 is 0 Å². The van der Waals surface area contributed by atoms with Gasteiger partial charge in [-0.15, -0.1) is 0 Å². The topological polar surface area (TPSA) is 20.3 Å². The Labute approximate surface area is 97.3 Å². The number of nitrogens with zero attached hydrogens (tertiary/aromatic N) is 1. The average molecular weight is 217 g/mol. The number of benzene rings is 1. The van der Waals surface area contributed by atoms with Gasteiger partial charge in [-0.3, -0.25) is 4.79 Å². The molecule has 2 nitrogen and oxygen atoms in total. The maximum Gasteiger partial charge on any atom is 0.227 e. The molecule has 2 rings (SSSR count). The lowest BCUT2D eigenvalue weighted by atomic mass is 10.1. The highest BCUT2D eigenvalue weighted by molar-refractivity contribution is 5.95. The number of hydrogen-bond donors (Lipinski definition) is 0. The van der Waals surface area contributed by atoms with Gasteiger partial charge < -0.3 is 4.90 Å². The van der Waals surface area contributed by atoms with Gasteiger partial charge in [0.25, 0.3) is 0 Å². The summed E-state index contributed by atoms with van der Waals surface area (Å²) in [6.45, 7) is 3.09. The molecule has 0 N–H and O–H groups in total. The van der Waals surface area contributed by atoms with Crippen LogP contribution in [0, 0.1) is 0 Å². The third kappa shape index (κ3) is 2.43. The zero-order chi connectivity index (χ0) is 11.4. The van der Waals surface area contributed by atoms with E-state index in [1.165, 1.54) is 18.4 Å². The Hall–Kier alpha value is -1.31. The Kier molecular flexibility index (Phi) is 3.60. The summed E-state index contributed by atoms with van der Waals surface area (Å²) in [7, 11) is 0. The average Bonchev–Trinajstić information content (AvgIpc) is 2.74. The van der Waals surface area contributed by atoms with E-state index in [1.54, 1.807) is 0 Å². The number of anilines is 1. The second-order valence-corrected chi connectivity index (χ2v) is 4.42. The first-order chi connectivity index (χ1) is 7.81. The van der Waals surface area contributed by atoms with E-state index in [-0.39, 0.29) is 5.91 Å². The zero-order valence-electron chi connectivity index (χ0n) is 9.91. The van der Waals surface area contributed by atoms with Crippen LogP contribution in [0.4, 0.5) is 5.69 Å². The van der Waals surface area contributed by atoms with Crippen LogP contribution in [0.15, 0.2) is 24.3 Å². The monoisotopic (exact) mass is 217 g/mol. The standard InChI is InChI=1S/C14H19NO/c1-2-3-5-12-7-9-13(10-8-12)15-11-4-6-14(15)16/h7-10H,2-6,11H2,1H3. The third-order valence-corrected chi connectivity index (χ3v) is 3.14. The quantitative estimate of drug-likeness (QED) is 0.758. The first-order valence-electron chi connectivity index (χ1n) is 6.20. The van der Waals surface area contributed by atoms with E-state index in [4.69, 9.17) is 0 Å². The Morgan fingerprint density at radius 3 is 2.56 bits per heavy atom. The number of unbranched alkanes of at least 4 members (excludes halogenated alkanes) is 1. The highest BCUT2D eigenvalue weighted by Crippen LogP contribution is 2.21. The molecule has 1 heterocycles. The highest BCUT2D eigenvalue weighted by atomic mass is 16.2. The van der Waals surface area contributed by atoms with Crippen LogP contribution in [-0.2, 0) is 11.2 Å². The van der Waals surface area contributed by atoms with Crippen LogP contribution in [0.1, 0.15) is 38.2 Å². The van der Waals surface area contributed by atoms with Crippen LogP contribution in [0.5, 0.6) is 0 Å². The van der Waals surface area contributed by atoms with Crippen LogP contribution in [0.3, 0.4) is 0 Å². The summed E-state index contributed by atoms with van der Waals surface area (Å²) in [5.74, 6) is 0.265. The molecular formula is C14H19NO. The minimum atomic E-state index is 0.265. The van der Waals surface area contributed by atoms with Gasteiger partial charge in [-0.25, -0.2) is 0 Å². The predicted molar refractivity (Wildman–Crippen MR) is 66.6 cm³/mol. The molecule has 0 radical (unpaired) electrons. The van der Waals surface area contributed by atoms with Gasteiger partial charge in [0.05, 0.1) is 0 Å². The fourth-order valence-corrected chi connectivity index (χ4v) is 2.14. The second-order valence-electron chi connectivity index (χ2n) is 4.42. The molecule has 2 heteroatoms. The van der Waals surface area contributed by atoms with Crippen molar-refractivity contribution >= 4 is 11.6 Å². The molecule has 1 aromatic carbocycles. The molecule has 0 unspecified atom stereocenters. The highest BCUT2D eigenvalue weighted by Gasteiger charge is 2.21. The Balaban J connectivity index is 2.04. The van der Waals surface area contributed by atoms with E-state index < -0.39 is 0 Å². The normalized spacial score (nSPS) is 15.8. The lowest BCUT2D eigenvalue weighted by molar-refractivity contribution is -0.117. The van der Waals surface area contributed by atoms with Gasteiger partial charge in [0.2, 0.25) is 5.91 Å². The zero-order valence-corrected chi connectivity index (χ0v) is 9.91. The maximum atomic E-state index is 11.6. The summed E-state index contributed by atoms with van der Waals surface area (Å²) in [6, 6.07) is 8.45. The van der Waals surface area contributed by atoms with Crippen molar-refractivity contribution in [1.82, 2.24) is 0 Å². The molecule has 1 aliphatic heterocycles. The van der Waals surface area contributed by atoms with Crippen molar-refractivity contribution in [2.45, 2.75) is 39.0 Å².